The summed E-state index contributed by atoms with van der Waals surface area (Å²) in [5.74, 6) is 0.667. The van der Waals surface area contributed by atoms with Crippen molar-refractivity contribution in [2.45, 2.75) is 12.6 Å². The van der Waals surface area contributed by atoms with Gasteiger partial charge in [-0.2, -0.15) is 0 Å². The van der Waals surface area contributed by atoms with Gasteiger partial charge < -0.3 is 9.67 Å². The number of aliphatic hydroxyl groups is 1. The molecule has 2 aromatic carbocycles. The number of benzene rings is 2. The van der Waals surface area contributed by atoms with E-state index in [-0.39, 0.29) is 0 Å². The van der Waals surface area contributed by atoms with Gasteiger partial charge in [0, 0.05) is 18.9 Å². The zero-order valence-electron chi connectivity index (χ0n) is 11.1. The molecule has 0 aliphatic carbocycles. The summed E-state index contributed by atoms with van der Waals surface area (Å²) in [6, 6.07) is 19.8. The lowest BCUT2D eigenvalue weighted by atomic mass is 10.1. The molecular formula is C17H16N2O. The van der Waals surface area contributed by atoms with Crippen molar-refractivity contribution in [3.8, 4) is 0 Å². The third-order valence-corrected chi connectivity index (χ3v) is 3.30. The lowest BCUT2D eigenvalue weighted by Gasteiger charge is -2.13. The van der Waals surface area contributed by atoms with Crippen LogP contribution in [0.1, 0.15) is 23.1 Å². The van der Waals surface area contributed by atoms with Crippen molar-refractivity contribution >= 4 is 0 Å². The summed E-state index contributed by atoms with van der Waals surface area (Å²) in [6.07, 6.45) is 2.92. The summed E-state index contributed by atoms with van der Waals surface area (Å²) in [4.78, 5) is 4.30. The molecular weight excluding hydrogens is 248 g/mol. The van der Waals surface area contributed by atoms with Gasteiger partial charge in [0.1, 0.15) is 11.9 Å². The molecule has 0 bridgehead atoms. The average Bonchev–Trinajstić information content (AvgIpc) is 2.96. The Morgan fingerprint density at radius 2 is 1.60 bits per heavy atom. The zero-order chi connectivity index (χ0) is 13.8. The van der Waals surface area contributed by atoms with Crippen LogP contribution in [-0.4, -0.2) is 14.7 Å². The molecule has 3 aromatic rings. The van der Waals surface area contributed by atoms with Crippen LogP contribution in [0.5, 0.6) is 0 Å². The zero-order valence-corrected chi connectivity index (χ0v) is 11.1. The monoisotopic (exact) mass is 264 g/mol. The highest BCUT2D eigenvalue weighted by Crippen LogP contribution is 2.20. The molecule has 0 amide bonds. The summed E-state index contributed by atoms with van der Waals surface area (Å²) in [5, 5.41) is 10.5. The third kappa shape index (κ3) is 2.63. The summed E-state index contributed by atoms with van der Waals surface area (Å²) in [5.41, 5.74) is 2.04. The van der Waals surface area contributed by atoms with Crippen molar-refractivity contribution in [2.75, 3.05) is 0 Å². The molecule has 3 heteroatoms. The van der Waals surface area contributed by atoms with Crippen LogP contribution in [0.3, 0.4) is 0 Å². The van der Waals surface area contributed by atoms with E-state index in [9.17, 15) is 5.11 Å². The molecule has 0 radical (unpaired) electrons. The number of aromatic nitrogens is 2. The van der Waals surface area contributed by atoms with Crippen LogP contribution in [-0.2, 0) is 6.54 Å². The van der Waals surface area contributed by atoms with Gasteiger partial charge in [-0.05, 0) is 11.1 Å². The number of imidazole rings is 1. The second kappa shape index (κ2) is 5.72. The molecule has 0 fully saturated rings. The van der Waals surface area contributed by atoms with Crippen molar-refractivity contribution in [1.29, 1.82) is 0 Å². The molecule has 1 atom stereocenters. The van der Waals surface area contributed by atoms with E-state index in [0.29, 0.717) is 12.4 Å². The van der Waals surface area contributed by atoms with Crippen LogP contribution >= 0.6 is 0 Å². The van der Waals surface area contributed by atoms with Gasteiger partial charge in [0.25, 0.3) is 0 Å². The van der Waals surface area contributed by atoms with Gasteiger partial charge in [0.2, 0.25) is 0 Å². The Hall–Kier alpha value is -2.39. The number of hydrogen-bond acceptors (Lipinski definition) is 2. The van der Waals surface area contributed by atoms with Crippen LogP contribution < -0.4 is 0 Å². The standard InChI is InChI=1S/C17H16N2O/c20-16(15-9-5-2-6-10-15)17-18-11-12-19(17)13-14-7-3-1-4-8-14/h1-12,16,20H,13H2/t16-/m0/s1. The highest BCUT2D eigenvalue weighted by Gasteiger charge is 2.15. The fourth-order valence-corrected chi connectivity index (χ4v) is 2.27. The minimum absolute atomic E-state index is 0.667. The van der Waals surface area contributed by atoms with Crippen molar-refractivity contribution in [1.82, 2.24) is 9.55 Å². The third-order valence-electron chi connectivity index (χ3n) is 3.30. The maximum atomic E-state index is 10.5. The lowest BCUT2D eigenvalue weighted by Crippen LogP contribution is -2.10. The second-order valence-electron chi connectivity index (χ2n) is 4.71. The molecule has 1 heterocycles. The van der Waals surface area contributed by atoms with Crippen molar-refractivity contribution in [3.05, 3.63) is 90.0 Å². The van der Waals surface area contributed by atoms with Gasteiger partial charge in [0.05, 0.1) is 0 Å². The largest absolute Gasteiger partial charge is 0.380 e. The Labute approximate surface area is 118 Å². The summed E-state index contributed by atoms with van der Waals surface area (Å²) >= 11 is 0. The van der Waals surface area contributed by atoms with E-state index in [1.807, 2.05) is 59.3 Å². The predicted molar refractivity (Wildman–Crippen MR) is 78.3 cm³/mol. The topological polar surface area (TPSA) is 38.1 Å². The van der Waals surface area contributed by atoms with E-state index in [1.165, 1.54) is 5.56 Å². The summed E-state index contributed by atoms with van der Waals surface area (Å²) < 4.78 is 1.98. The molecule has 100 valence electrons. The smallest absolute Gasteiger partial charge is 0.142 e. The fraction of sp³-hybridized carbons (Fsp3) is 0.118. The van der Waals surface area contributed by atoms with Crippen molar-refractivity contribution in [3.63, 3.8) is 0 Å². The van der Waals surface area contributed by atoms with Crippen LogP contribution in [0, 0.1) is 0 Å². The minimum Gasteiger partial charge on any atom is -0.380 e. The van der Waals surface area contributed by atoms with Gasteiger partial charge in [-0.1, -0.05) is 60.7 Å². The van der Waals surface area contributed by atoms with E-state index in [4.69, 9.17) is 0 Å². The first-order valence-corrected chi connectivity index (χ1v) is 6.62. The molecule has 0 saturated heterocycles. The number of hydrogen-bond donors (Lipinski definition) is 1. The van der Waals surface area contributed by atoms with E-state index in [1.54, 1.807) is 6.20 Å². The highest BCUT2D eigenvalue weighted by molar-refractivity contribution is 5.24. The van der Waals surface area contributed by atoms with Crippen LogP contribution in [0.25, 0.3) is 0 Å². The van der Waals surface area contributed by atoms with Gasteiger partial charge in [-0.3, -0.25) is 0 Å². The first-order valence-electron chi connectivity index (χ1n) is 6.62. The Balaban J connectivity index is 1.87. The van der Waals surface area contributed by atoms with Gasteiger partial charge in [-0.15, -0.1) is 0 Å². The first kappa shape index (κ1) is 12.6. The Bertz CT molecular complexity index is 662. The molecule has 0 aliphatic rings. The van der Waals surface area contributed by atoms with E-state index >= 15 is 0 Å². The fourth-order valence-electron chi connectivity index (χ4n) is 2.27. The van der Waals surface area contributed by atoms with Crippen molar-refractivity contribution in [2.24, 2.45) is 0 Å². The molecule has 1 N–H and O–H groups in total. The Morgan fingerprint density at radius 3 is 2.30 bits per heavy atom. The first-order chi connectivity index (χ1) is 9.84. The molecule has 20 heavy (non-hydrogen) atoms. The SMILES string of the molecule is O[C@@H](c1ccccc1)c1nccn1Cc1ccccc1. The van der Waals surface area contributed by atoms with Crippen LogP contribution in [0.4, 0.5) is 0 Å². The number of aliphatic hydroxyl groups excluding tert-OH is 1. The molecule has 3 nitrogen and oxygen atoms in total. The van der Waals surface area contributed by atoms with Crippen LogP contribution in [0.15, 0.2) is 73.1 Å². The van der Waals surface area contributed by atoms with Gasteiger partial charge >= 0.3 is 0 Å². The molecule has 0 aliphatic heterocycles. The van der Waals surface area contributed by atoms with E-state index in [2.05, 4.69) is 17.1 Å². The number of nitrogens with zero attached hydrogens (tertiary/aromatic N) is 2. The normalized spacial score (nSPS) is 12.2. The molecule has 0 saturated carbocycles. The van der Waals surface area contributed by atoms with E-state index in [0.717, 1.165) is 5.56 Å². The average molecular weight is 264 g/mol. The lowest BCUT2D eigenvalue weighted by molar-refractivity contribution is 0.205. The quantitative estimate of drug-likeness (QED) is 0.786. The second-order valence-corrected chi connectivity index (χ2v) is 4.71. The van der Waals surface area contributed by atoms with Crippen molar-refractivity contribution < 1.29 is 5.11 Å². The minimum atomic E-state index is -0.699. The molecule has 0 unspecified atom stereocenters. The predicted octanol–water partition coefficient (Wildman–Crippen LogP) is 3.01. The van der Waals surface area contributed by atoms with Crippen LogP contribution in [0.2, 0.25) is 0 Å². The maximum Gasteiger partial charge on any atom is 0.142 e. The molecule has 3 rings (SSSR count). The van der Waals surface area contributed by atoms with E-state index < -0.39 is 6.10 Å². The summed E-state index contributed by atoms with van der Waals surface area (Å²) in [6.45, 7) is 0.708. The highest BCUT2D eigenvalue weighted by atomic mass is 16.3. The Kier molecular flexibility index (Phi) is 3.61. The Morgan fingerprint density at radius 1 is 0.950 bits per heavy atom. The molecule has 1 aromatic heterocycles. The van der Waals surface area contributed by atoms with Gasteiger partial charge in [-0.25, -0.2) is 4.98 Å². The maximum absolute atomic E-state index is 10.5. The number of rotatable bonds is 4. The summed E-state index contributed by atoms with van der Waals surface area (Å²) in [7, 11) is 0. The molecule has 0 spiro atoms. The van der Waals surface area contributed by atoms with Gasteiger partial charge in [0.15, 0.2) is 0 Å².